The molecule has 3 N–H and O–H groups in total. The fraction of sp³-hybridized carbons (Fsp3) is 0.512. The molecule has 3 aromatic rings. The Morgan fingerprint density at radius 3 is 2.34 bits per heavy atom. The van der Waals surface area contributed by atoms with E-state index in [4.69, 9.17) is 18.9 Å². The summed E-state index contributed by atoms with van der Waals surface area (Å²) in [6.07, 6.45) is 2.94. The summed E-state index contributed by atoms with van der Waals surface area (Å²) in [5, 5.41) is 20.5. The Kier molecular flexibility index (Phi) is 19.3. The van der Waals surface area contributed by atoms with Crippen molar-refractivity contribution in [2.75, 3.05) is 34.0 Å². The van der Waals surface area contributed by atoms with Crippen molar-refractivity contribution in [3.05, 3.63) is 77.9 Å². The van der Waals surface area contributed by atoms with Gasteiger partial charge in [0.15, 0.2) is 6.79 Å². The van der Waals surface area contributed by atoms with Gasteiger partial charge in [-0.1, -0.05) is 50.2 Å². The fourth-order valence-corrected chi connectivity index (χ4v) is 6.50. The molecule has 332 valence electrons. The summed E-state index contributed by atoms with van der Waals surface area (Å²) in [4.78, 5) is 84.1. The second-order valence-electron chi connectivity index (χ2n) is 16.1. The van der Waals surface area contributed by atoms with Crippen molar-refractivity contribution in [1.29, 1.82) is 0 Å². The van der Waals surface area contributed by atoms with Crippen LogP contribution < -0.4 is 44.7 Å². The van der Waals surface area contributed by atoms with Gasteiger partial charge in [-0.2, -0.15) is 0 Å². The number of rotatable bonds is 19. The normalized spacial score (nSPS) is 15.0. The Labute approximate surface area is 374 Å². The largest absolute Gasteiger partial charge is 1.00 e. The number of hydrogen-bond donors (Lipinski definition) is 3. The van der Waals surface area contributed by atoms with E-state index in [1.807, 2.05) is 18.2 Å². The van der Waals surface area contributed by atoms with Gasteiger partial charge in [-0.15, -0.1) is 0 Å². The number of nitrogens with zero attached hydrogens (tertiary/aromatic N) is 4. The van der Waals surface area contributed by atoms with Crippen LogP contribution in [-0.2, 0) is 52.8 Å². The number of carboxylic acids is 1. The van der Waals surface area contributed by atoms with E-state index in [2.05, 4.69) is 20.9 Å². The number of likely N-dealkylation sites (tertiary alicyclic amines) is 1. The molecule has 2 heterocycles. The number of benzene rings is 2. The van der Waals surface area contributed by atoms with Crippen LogP contribution in [0.5, 0.6) is 5.75 Å². The molecule has 5 amide bonds. The topological polar surface area (TPSA) is 223 Å². The molecule has 62 heavy (non-hydrogen) atoms. The van der Waals surface area contributed by atoms with E-state index in [0.29, 0.717) is 42.9 Å². The van der Waals surface area contributed by atoms with Crippen LogP contribution in [0.25, 0.3) is 5.69 Å². The summed E-state index contributed by atoms with van der Waals surface area (Å²) in [5.41, 5.74) is 1.73. The SMILES string of the molecule is COCOc1ccc(CCNC(=O)[C@@H](NC(=O)[C@H](C)NC(=O)[C@@H]2CCCN2C(=O)OC(C)(C)C)C(C)C)cc1-n1cnc(C[C@@H](C(=O)[O-])N(C)C(=O)OCc2ccccc2)c1.[Li+]. The van der Waals surface area contributed by atoms with Gasteiger partial charge in [-0.3, -0.25) is 19.3 Å². The Bertz CT molecular complexity index is 1990. The van der Waals surface area contributed by atoms with Gasteiger partial charge in [-0.25, -0.2) is 14.6 Å². The molecule has 0 unspecified atom stereocenters. The molecule has 4 rings (SSSR count). The van der Waals surface area contributed by atoms with Gasteiger partial charge in [0.1, 0.15) is 36.1 Å². The van der Waals surface area contributed by atoms with Crippen molar-refractivity contribution < 1.29 is 71.7 Å². The predicted molar refractivity (Wildman–Crippen MR) is 220 cm³/mol. The van der Waals surface area contributed by atoms with E-state index in [-0.39, 0.29) is 51.1 Å². The second kappa shape index (κ2) is 23.6. The summed E-state index contributed by atoms with van der Waals surface area (Å²) in [6, 6.07) is 10.3. The molecule has 0 aliphatic carbocycles. The standard InChI is InChI=1S/C43H59N7O11.Li/c1-27(2)36(47-37(51)28(3)46-38(52)32-15-12-20-50(32)42(57)61-43(4,5)6)39(53)44-19-18-29-16-17-35(60-26-58-8)33(21-29)49-23-31(45-25-49)22-34(40(54)55)48(7)41(56)59-24-30-13-10-9-11-14-30;/h9-11,13-14,16-17,21,23,25,27-28,32,34,36H,12,15,18-20,22,24,26H2,1-8H3,(H,44,53)(H,46,52)(H,47,51)(H,54,55);/q;+1/p-1/t28-,32-,34-,36-;/m0./s1. The molecule has 1 aliphatic rings. The first-order valence-corrected chi connectivity index (χ1v) is 20.2. The number of methoxy groups -OCH3 is 1. The van der Waals surface area contributed by atoms with Gasteiger partial charge in [0.2, 0.25) is 17.7 Å². The minimum atomic E-state index is -1.48. The van der Waals surface area contributed by atoms with Crippen molar-refractivity contribution in [2.45, 2.75) is 104 Å². The molecular formula is C43H58LiN7O11. The van der Waals surface area contributed by atoms with Gasteiger partial charge >= 0.3 is 31.0 Å². The molecule has 1 aliphatic heterocycles. The van der Waals surface area contributed by atoms with E-state index in [1.54, 1.807) is 75.7 Å². The van der Waals surface area contributed by atoms with Crippen molar-refractivity contribution in [1.82, 2.24) is 35.3 Å². The smallest absolute Gasteiger partial charge is 0.548 e. The number of nitrogens with one attached hydrogen (secondary N) is 3. The van der Waals surface area contributed by atoms with Crippen molar-refractivity contribution in [3.63, 3.8) is 0 Å². The van der Waals surface area contributed by atoms with Crippen LogP contribution in [0.2, 0.25) is 0 Å². The Balaban J connectivity index is 0.0000102. The number of ether oxygens (including phenoxy) is 4. The number of likely N-dealkylation sites (N-methyl/N-ethyl adjacent to an activating group) is 1. The van der Waals surface area contributed by atoms with Gasteiger partial charge in [0, 0.05) is 39.9 Å². The van der Waals surface area contributed by atoms with E-state index < -0.39 is 65.6 Å². The first-order valence-electron chi connectivity index (χ1n) is 20.2. The van der Waals surface area contributed by atoms with Crippen LogP contribution in [-0.4, -0.2) is 119 Å². The molecule has 1 saturated heterocycles. The molecule has 18 nitrogen and oxygen atoms in total. The van der Waals surface area contributed by atoms with Gasteiger partial charge in [-0.05, 0) is 76.1 Å². The minimum absolute atomic E-state index is 0. The Morgan fingerprint density at radius 1 is 0.984 bits per heavy atom. The number of amides is 5. The zero-order valence-electron chi connectivity index (χ0n) is 37.1. The molecule has 1 fully saturated rings. The number of aliphatic carboxylic acids is 1. The first-order chi connectivity index (χ1) is 28.9. The van der Waals surface area contributed by atoms with Crippen molar-refractivity contribution in [3.8, 4) is 11.4 Å². The van der Waals surface area contributed by atoms with Gasteiger partial charge < -0.3 is 54.3 Å². The van der Waals surface area contributed by atoms with E-state index in [1.165, 1.54) is 32.3 Å². The first kappa shape index (κ1) is 50.8. The summed E-state index contributed by atoms with van der Waals surface area (Å²) < 4.78 is 23.3. The third kappa shape index (κ3) is 14.8. The maximum absolute atomic E-state index is 13.4. The summed E-state index contributed by atoms with van der Waals surface area (Å²) >= 11 is 0. The van der Waals surface area contributed by atoms with E-state index in [0.717, 1.165) is 16.0 Å². The van der Waals surface area contributed by atoms with Gasteiger partial charge in [0.05, 0.1) is 29.7 Å². The zero-order valence-corrected chi connectivity index (χ0v) is 37.1. The summed E-state index contributed by atoms with van der Waals surface area (Å²) in [6.45, 7) is 10.8. The molecule has 0 spiro atoms. The Morgan fingerprint density at radius 2 is 1.69 bits per heavy atom. The van der Waals surface area contributed by atoms with Crippen molar-refractivity contribution in [2.24, 2.45) is 5.92 Å². The molecule has 2 aromatic carbocycles. The molecule has 19 heteroatoms. The third-order valence-corrected chi connectivity index (χ3v) is 9.80. The van der Waals surface area contributed by atoms with E-state index in [9.17, 15) is 33.9 Å². The summed E-state index contributed by atoms with van der Waals surface area (Å²) in [7, 11) is 2.80. The average Bonchev–Trinajstić information content (AvgIpc) is 3.90. The van der Waals surface area contributed by atoms with Crippen LogP contribution in [0.1, 0.15) is 71.2 Å². The molecule has 0 bridgehead atoms. The molecule has 1 aromatic heterocycles. The average molecular weight is 856 g/mol. The number of carbonyl (C=O) groups excluding carboxylic acids is 6. The number of aromatic nitrogens is 2. The fourth-order valence-electron chi connectivity index (χ4n) is 6.50. The Hall–Kier alpha value is -5.57. The molecule has 0 radical (unpaired) electrons. The van der Waals surface area contributed by atoms with Crippen molar-refractivity contribution >= 4 is 35.9 Å². The number of carbonyl (C=O) groups is 6. The summed E-state index contributed by atoms with van der Waals surface area (Å²) in [5.74, 6) is -2.78. The quantitative estimate of drug-likeness (QED) is 0.103. The number of hydrogen-bond acceptors (Lipinski definition) is 12. The molecule has 4 atom stereocenters. The second-order valence-corrected chi connectivity index (χ2v) is 16.1. The van der Waals surface area contributed by atoms with Crippen LogP contribution in [0, 0.1) is 5.92 Å². The van der Waals surface area contributed by atoms with Crippen LogP contribution >= 0.6 is 0 Å². The zero-order chi connectivity index (χ0) is 44.9. The van der Waals surface area contributed by atoms with Crippen LogP contribution in [0.15, 0.2) is 61.1 Å². The maximum Gasteiger partial charge on any atom is 1.00 e. The predicted octanol–water partition coefficient (Wildman–Crippen LogP) is -0.508. The van der Waals surface area contributed by atoms with Crippen LogP contribution in [0.3, 0.4) is 0 Å². The number of imidazole rings is 1. The van der Waals surface area contributed by atoms with E-state index >= 15 is 0 Å². The van der Waals surface area contributed by atoms with Crippen LogP contribution in [0.4, 0.5) is 9.59 Å². The monoisotopic (exact) mass is 855 g/mol. The maximum atomic E-state index is 13.4. The molecular weight excluding hydrogens is 797 g/mol. The third-order valence-electron chi connectivity index (χ3n) is 9.80. The van der Waals surface area contributed by atoms with Gasteiger partial charge in [0.25, 0.3) is 0 Å². The minimum Gasteiger partial charge on any atom is -0.548 e. The number of carboxylic acid groups (broad SMARTS) is 1. The molecule has 0 saturated carbocycles.